The minimum absolute atomic E-state index is 0.0627. The lowest BCUT2D eigenvalue weighted by atomic mass is 10.1. The molecule has 0 amide bonds. The third-order valence-corrected chi connectivity index (χ3v) is 3.65. The van der Waals surface area contributed by atoms with Crippen molar-refractivity contribution in [2.24, 2.45) is 7.05 Å². The Bertz CT molecular complexity index is 820. The zero-order chi connectivity index (χ0) is 18.0. The van der Waals surface area contributed by atoms with E-state index in [9.17, 15) is 18.0 Å². The summed E-state index contributed by atoms with van der Waals surface area (Å²) in [4.78, 5) is 11.0. The minimum atomic E-state index is -3.10. The van der Waals surface area contributed by atoms with E-state index in [1.54, 1.807) is 0 Å². The van der Waals surface area contributed by atoms with Crippen molar-refractivity contribution >= 4 is 35.1 Å². The second kappa shape index (κ2) is 7.27. The first-order chi connectivity index (χ1) is 11.2. The number of alkyl halides is 2. The van der Waals surface area contributed by atoms with Crippen molar-refractivity contribution in [3.8, 4) is 17.1 Å². The number of benzene rings is 1. The summed E-state index contributed by atoms with van der Waals surface area (Å²) in [6.07, 6.45) is 2.66. The quantitative estimate of drug-likeness (QED) is 0.706. The van der Waals surface area contributed by atoms with E-state index in [-0.39, 0.29) is 27.1 Å². The summed E-state index contributed by atoms with van der Waals surface area (Å²) in [6.45, 7) is -1.76. The van der Waals surface area contributed by atoms with Gasteiger partial charge in [-0.3, -0.25) is 4.79 Å². The standard InChI is InChI=1S/C15H11Cl2F3N2O2/c1-7(23)3-4-8-5-9(11(18)6-10(8)16)13-12(17)14(22(2)21-13)24-15(19)20/h3-6,15H,1-2H3/b4-3+. The molecule has 0 radical (unpaired) electrons. The van der Waals surface area contributed by atoms with Gasteiger partial charge in [0.25, 0.3) is 0 Å². The molecule has 0 aliphatic carbocycles. The fourth-order valence-electron chi connectivity index (χ4n) is 1.95. The highest BCUT2D eigenvalue weighted by Crippen LogP contribution is 2.38. The number of nitrogens with zero attached hydrogens (tertiary/aromatic N) is 2. The van der Waals surface area contributed by atoms with Crippen molar-refractivity contribution in [3.63, 3.8) is 0 Å². The van der Waals surface area contributed by atoms with Gasteiger partial charge < -0.3 is 4.74 Å². The average Bonchev–Trinajstić information content (AvgIpc) is 2.74. The van der Waals surface area contributed by atoms with Gasteiger partial charge in [-0.25, -0.2) is 9.07 Å². The molecule has 2 rings (SSSR count). The van der Waals surface area contributed by atoms with Crippen molar-refractivity contribution < 1.29 is 22.7 Å². The topological polar surface area (TPSA) is 44.1 Å². The van der Waals surface area contributed by atoms with Crippen molar-refractivity contribution in [3.05, 3.63) is 39.6 Å². The molecule has 128 valence electrons. The number of carbonyl (C=O) groups is 1. The van der Waals surface area contributed by atoms with Crippen LogP contribution in [-0.4, -0.2) is 22.2 Å². The summed E-state index contributed by atoms with van der Waals surface area (Å²) in [5, 5.41) is 3.72. The van der Waals surface area contributed by atoms with Crippen LogP contribution < -0.4 is 4.74 Å². The molecule has 0 saturated heterocycles. The molecular weight excluding hydrogens is 368 g/mol. The third kappa shape index (κ3) is 3.91. The Balaban J connectivity index is 2.57. The van der Waals surface area contributed by atoms with Crippen molar-refractivity contribution in [1.29, 1.82) is 0 Å². The van der Waals surface area contributed by atoms with E-state index in [4.69, 9.17) is 23.2 Å². The molecule has 0 aliphatic heterocycles. The lowest BCUT2D eigenvalue weighted by molar-refractivity contribution is -0.112. The van der Waals surface area contributed by atoms with Gasteiger partial charge in [0.05, 0.1) is 5.02 Å². The number of allylic oxidation sites excluding steroid dienone is 1. The number of aromatic nitrogens is 2. The Hall–Kier alpha value is -1.99. The van der Waals surface area contributed by atoms with E-state index < -0.39 is 18.3 Å². The Morgan fingerprint density at radius 1 is 1.38 bits per heavy atom. The Morgan fingerprint density at radius 2 is 2.04 bits per heavy atom. The van der Waals surface area contributed by atoms with Crippen LogP contribution in [-0.2, 0) is 11.8 Å². The van der Waals surface area contributed by atoms with Gasteiger partial charge in [-0.15, -0.1) is 0 Å². The maximum absolute atomic E-state index is 14.2. The highest BCUT2D eigenvalue weighted by atomic mass is 35.5. The summed E-state index contributed by atoms with van der Waals surface area (Å²) in [5.74, 6) is -1.36. The number of hydrogen-bond donors (Lipinski definition) is 0. The van der Waals surface area contributed by atoms with E-state index in [0.29, 0.717) is 5.56 Å². The summed E-state index contributed by atoms with van der Waals surface area (Å²) < 4.78 is 44.3. The van der Waals surface area contributed by atoms with E-state index >= 15 is 0 Å². The van der Waals surface area contributed by atoms with Crippen LogP contribution in [0.3, 0.4) is 0 Å². The van der Waals surface area contributed by atoms with Gasteiger partial charge in [-0.1, -0.05) is 23.2 Å². The number of carbonyl (C=O) groups excluding carboxylic acids is 1. The van der Waals surface area contributed by atoms with Gasteiger partial charge in [-0.2, -0.15) is 13.9 Å². The lowest BCUT2D eigenvalue weighted by Gasteiger charge is -2.05. The van der Waals surface area contributed by atoms with E-state index in [1.807, 2.05) is 0 Å². The SMILES string of the molecule is CC(=O)/C=C/c1cc(-c2nn(C)c(OC(F)F)c2Cl)c(F)cc1Cl. The van der Waals surface area contributed by atoms with Gasteiger partial charge in [0, 0.05) is 12.6 Å². The predicted octanol–water partition coefficient (Wildman–Crippen LogP) is 4.74. The Morgan fingerprint density at radius 3 is 2.62 bits per heavy atom. The minimum Gasteiger partial charge on any atom is -0.416 e. The fraction of sp³-hybridized carbons (Fsp3) is 0.200. The second-order valence-corrected chi connectivity index (χ2v) is 5.55. The average molecular weight is 379 g/mol. The lowest BCUT2D eigenvalue weighted by Crippen LogP contribution is -2.06. The molecule has 9 heteroatoms. The van der Waals surface area contributed by atoms with Gasteiger partial charge in [0.2, 0.25) is 5.88 Å². The molecule has 4 nitrogen and oxygen atoms in total. The maximum Gasteiger partial charge on any atom is 0.388 e. The van der Waals surface area contributed by atoms with Crippen LogP contribution in [0.1, 0.15) is 12.5 Å². The monoisotopic (exact) mass is 378 g/mol. The molecule has 24 heavy (non-hydrogen) atoms. The van der Waals surface area contributed by atoms with Crippen molar-refractivity contribution in [2.45, 2.75) is 13.5 Å². The van der Waals surface area contributed by atoms with Gasteiger partial charge in [-0.05, 0) is 36.8 Å². The van der Waals surface area contributed by atoms with E-state index in [0.717, 1.165) is 10.7 Å². The van der Waals surface area contributed by atoms with Crippen LogP contribution >= 0.6 is 23.2 Å². The molecule has 0 saturated carbocycles. The molecule has 0 fully saturated rings. The van der Waals surface area contributed by atoms with Crippen LogP contribution in [0.25, 0.3) is 17.3 Å². The summed E-state index contributed by atoms with van der Waals surface area (Å²) >= 11 is 11.9. The molecule has 1 aromatic heterocycles. The van der Waals surface area contributed by atoms with Crippen molar-refractivity contribution in [2.75, 3.05) is 0 Å². The number of rotatable bonds is 5. The number of halogens is 5. The molecule has 0 unspecified atom stereocenters. The van der Waals surface area contributed by atoms with Crippen LogP contribution in [0, 0.1) is 5.82 Å². The van der Waals surface area contributed by atoms with Crippen LogP contribution in [0.15, 0.2) is 18.2 Å². The highest BCUT2D eigenvalue weighted by Gasteiger charge is 2.23. The van der Waals surface area contributed by atoms with Crippen LogP contribution in [0.4, 0.5) is 13.2 Å². The highest BCUT2D eigenvalue weighted by molar-refractivity contribution is 6.34. The molecule has 0 N–H and O–H groups in total. The molecular formula is C15H11Cl2F3N2O2. The number of hydrogen-bond acceptors (Lipinski definition) is 3. The zero-order valence-corrected chi connectivity index (χ0v) is 14.0. The molecule has 1 heterocycles. The fourth-order valence-corrected chi connectivity index (χ4v) is 2.47. The first kappa shape index (κ1) is 18.4. The van der Waals surface area contributed by atoms with Gasteiger partial charge in [0.15, 0.2) is 5.78 Å². The summed E-state index contributed by atoms with van der Waals surface area (Å²) in [6, 6.07) is 2.34. The molecule has 2 aromatic rings. The first-order valence-corrected chi connectivity index (χ1v) is 7.31. The number of ether oxygens (including phenoxy) is 1. The summed E-state index contributed by atoms with van der Waals surface area (Å²) in [7, 11) is 1.33. The van der Waals surface area contributed by atoms with E-state index in [1.165, 1.54) is 32.2 Å². The Labute approximate surface area is 145 Å². The first-order valence-electron chi connectivity index (χ1n) is 6.56. The normalized spacial score (nSPS) is 11.5. The molecule has 0 aliphatic rings. The van der Waals surface area contributed by atoms with Gasteiger partial charge in [0.1, 0.15) is 16.5 Å². The van der Waals surface area contributed by atoms with E-state index in [2.05, 4.69) is 9.84 Å². The van der Waals surface area contributed by atoms with Crippen LogP contribution in [0.2, 0.25) is 10.0 Å². The molecule has 0 atom stereocenters. The number of aryl methyl sites for hydroxylation is 1. The van der Waals surface area contributed by atoms with Crippen molar-refractivity contribution in [1.82, 2.24) is 9.78 Å². The largest absolute Gasteiger partial charge is 0.416 e. The molecule has 0 bridgehead atoms. The summed E-state index contributed by atoms with van der Waals surface area (Å²) in [5.41, 5.74) is 0.204. The smallest absolute Gasteiger partial charge is 0.388 e. The third-order valence-electron chi connectivity index (χ3n) is 2.98. The van der Waals surface area contributed by atoms with Crippen LogP contribution in [0.5, 0.6) is 5.88 Å². The Kier molecular flexibility index (Phi) is 5.56. The predicted molar refractivity (Wildman–Crippen MR) is 85.0 cm³/mol. The number of ketones is 1. The molecule has 0 spiro atoms. The molecule has 1 aromatic carbocycles. The second-order valence-electron chi connectivity index (χ2n) is 4.77. The van der Waals surface area contributed by atoms with Gasteiger partial charge >= 0.3 is 6.61 Å². The zero-order valence-electron chi connectivity index (χ0n) is 12.5. The maximum atomic E-state index is 14.2.